The van der Waals surface area contributed by atoms with Crippen LogP contribution in [0.15, 0.2) is 39.9 Å². The van der Waals surface area contributed by atoms with Crippen molar-refractivity contribution in [1.82, 2.24) is 9.88 Å². The molecule has 6 nitrogen and oxygen atoms in total. The number of fused-ring (bicyclic) bond motifs is 3. The summed E-state index contributed by atoms with van der Waals surface area (Å²) in [6.45, 7) is 7.79. The standard InChI is InChI=1S/C23H26BrN5O/c1-15-11-16(12-19-21(15)22-18(23(30)27-19)3-2-6-25-22)14-28-7-9-29(10-8-28)20-5-4-17(24)13-26-20/h4-5,11-13,18H,2-3,6-10,14H2,1H3,(H,27,30). The normalized spacial score (nSPS) is 21.5. The van der Waals surface area contributed by atoms with E-state index >= 15 is 0 Å². The molecule has 4 heterocycles. The number of aryl methyl sites for hydroxylation is 1. The number of rotatable bonds is 3. The van der Waals surface area contributed by atoms with Crippen LogP contribution >= 0.6 is 15.9 Å². The number of anilines is 2. The fraction of sp³-hybridized carbons (Fsp3) is 0.435. The topological polar surface area (TPSA) is 60.8 Å². The Balaban J connectivity index is 1.29. The van der Waals surface area contributed by atoms with E-state index in [0.717, 1.165) is 79.4 Å². The first kappa shape index (κ1) is 19.7. The fourth-order valence-corrected chi connectivity index (χ4v) is 5.04. The molecule has 1 fully saturated rings. The number of aliphatic imine (C=N–C) groups is 1. The first-order valence-corrected chi connectivity index (χ1v) is 11.5. The molecule has 1 unspecified atom stereocenters. The van der Waals surface area contributed by atoms with Crippen LogP contribution < -0.4 is 10.2 Å². The first-order valence-electron chi connectivity index (χ1n) is 10.7. The predicted octanol–water partition coefficient (Wildman–Crippen LogP) is 3.63. The van der Waals surface area contributed by atoms with Crippen molar-refractivity contribution < 1.29 is 4.79 Å². The Kier molecular flexibility index (Phi) is 5.33. The smallest absolute Gasteiger partial charge is 0.233 e. The van der Waals surface area contributed by atoms with Crippen LogP contribution in [-0.4, -0.2) is 54.2 Å². The Morgan fingerprint density at radius 1 is 1.20 bits per heavy atom. The van der Waals surface area contributed by atoms with Crippen LogP contribution in [0.2, 0.25) is 0 Å². The molecule has 156 valence electrons. The minimum atomic E-state index is -0.0731. The number of halogens is 1. The lowest BCUT2D eigenvalue weighted by atomic mass is 9.83. The second-order valence-electron chi connectivity index (χ2n) is 8.38. The van der Waals surface area contributed by atoms with Gasteiger partial charge in [-0.05, 0) is 65.0 Å². The number of hydrogen-bond donors (Lipinski definition) is 1. The van der Waals surface area contributed by atoms with Crippen molar-refractivity contribution in [3.8, 4) is 0 Å². The molecule has 0 saturated carbocycles. The summed E-state index contributed by atoms with van der Waals surface area (Å²) in [4.78, 5) is 26.6. The molecule has 1 N–H and O–H groups in total. The predicted molar refractivity (Wildman–Crippen MR) is 123 cm³/mol. The zero-order valence-corrected chi connectivity index (χ0v) is 18.8. The van der Waals surface area contributed by atoms with Gasteiger partial charge < -0.3 is 10.2 Å². The Hall–Kier alpha value is -2.25. The largest absolute Gasteiger partial charge is 0.354 e. The molecule has 3 aliphatic rings. The second-order valence-corrected chi connectivity index (χ2v) is 9.30. The molecular formula is C23H26BrN5O. The van der Waals surface area contributed by atoms with Crippen molar-refractivity contribution >= 4 is 39.1 Å². The molecule has 1 saturated heterocycles. The molecule has 0 spiro atoms. The molecule has 5 rings (SSSR count). The van der Waals surface area contributed by atoms with Gasteiger partial charge in [0.25, 0.3) is 0 Å². The van der Waals surface area contributed by atoms with E-state index in [1.54, 1.807) is 0 Å². The van der Waals surface area contributed by atoms with Gasteiger partial charge in [0, 0.05) is 55.5 Å². The van der Waals surface area contributed by atoms with E-state index in [2.05, 4.69) is 61.2 Å². The maximum atomic E-state index is 12.6. The minimum Gasteiger partial charge on any atom is -0.354 e. The zero-order valence-electron chi connectivity index (χ0n) is 17.2. The molecule has 0 bridgehead atoms. The summed E-state index contributed by atoms with van der Waals surface area (Å²) >= 11 is 3.45. The average Bonchev–Trinajstić information content (AvgIpc) is 2.75. The number of nitrogens with zero attached hydrogens (tertiary/aromatic N) is 4. The van der Waals surface area contributed by atoms with Crippen LogP contribution in [0.25, 0.3) is 0 Å². The molecule has 7 heteroatoms. The third-order valence-electron chi connectivity index (χ3n) is 6.30. The van der Waals surface area contributed by atoms with Crippen LogP contribution in [0.1, 0.15) is 29.5 Å². The van der Waals surface area contributed by atoms with Crippen molar-refractivity contribution in [1.29, 1.82) is 0 Å². The number of carbonyl (C=O) groups excluding carboxylic acids is 1. The van der Waals surface area contributed by atoms with E-state index in [1.807, 2.05) is 12.3 Å². The van der Waals surface area contributed by atoms with E-state index in [-0.39, 0.29) is 11.8 Å². The van der Waals surface area contributed by atoms with E-state index < -0.39 is 0 Å². The van der Waals surface area contributed by atoms with Gasteiger partial charge in [-0.2, -0.15) is 0 Å². The first-order chi connectivity index (χ1) is 14.6. The van der Waals surface area contributed by atoms with Crippen molar-refractivity contribution in [2.45, 2.75) is 26.3 Å². The molecule has 1 aromatic heterocycles. The fourth-order valence-electron chi connectivity index (χ4n) is 4.81. The minimum absolute atomic E-state index is 0.0731. The van der Waals surface area contributed by atoms with Gasteiger partial charge in [-0.15, -0.1) is 0 Å². The Labute approximate surface area is 185 Å². The molecule has 2 aromatic rings. The van der Waals surface area contributed by atoms with Gasteiger partial charge in [0.2, 0.25) is 5.91 Å². The summed E-state index contributed by atoms with van der Waals surface area (Å²) < 4.78 is 1.00. The van der Waals surface area contributed by atoms with Gasteiger partial charge in [-0.1, -0.05) is 6.07 Å². The van der Waals surface area contributed by atoms with E-state index in [0.29, 0.717) is 0 Å². The summed E-state index contributed by atoms with van der Waals surface area (Å²) in [5.74, 6) is 1.07. The molecular weight excluding hydrogens is 442 g/mol. The molecule has 1 amide bonds. The highest BCUT2D eigenvalue weighted by Crippen LogP contribution is 2.34. The highest BCUT2D eigenvalue weighted by molar-refractivity contribution is 9.10. The molecule has 3 aliphatic heterocycles. The number of hydrogen-bond acceptors (Lipinski definition) is 5. The van der Waals surface area contributed by atoms with Gasteiger partial charge in [0.1, 0.15) is 5.82 Å². The Morgan fingerprint density at radius 2 is 2.03 bits per heavy atom. The van der Waals surface area contributed by atoms with Gasteiger partial charge >= 0.3 is 0 Å². The summed E-state index contributed by atoms with van der Waals surface area (Å²) in [5, 5.41) is 3.15. The number of carbonyl (C=O) groups is 1. The number of nitrogens with one attached hydrogen (secondary N) is 1. The number of amides is 1. The van der Waals surface area contributed by atoms with Gasteiger partial charge in [0.05, 0.1) is 17.3 Å². The lowest BCUT2D eigenvalue weighted by Gasteiger charge is -2.36. The average molecular weight is 468 g/mol. The SMILES string of the molecule is Cc1cc(CN2CCN(c3ccc(Br)cn3)CC2)cc2c1C1=NCCCC1C(=O)N2. The number of pyridine rings is 1. The van der Waals surface area contributed by atoms with E-state index in [4.69, 9.17) is 4.99 Å². The maximum absolute atomic E-state index is 12.6. The van der Waals surface area contributed by atoms with Crippen molar-refractivity contribution in [3.63, 3.8) is 0 Å². The third-order valence-corrected chi connectivity index (χ3v) is 6.77. The van der Waals surface area contributed by atoms with Crippen molar-refractivity contribution in [2.75, 3.05) is 42.9 Å². The number of piperazine rings is 1. The summed E-state index contributed by atoms with van der Waals surface area (Å²) in [7, 11) is 0. The van der Waals surface area contributed by atoms with Crippen LogP contribution in [0.3, 0.4) is 0 Å². The van der Waals surface area contributed by atoms with Crippen molar-refractivity contribution in [3.05, 3.63) is 51.6 Å². The van der Waals surface area contributed by atoms with E-state index in [9.17, 15) is 4.79 Å². The van der Waals surface area contributed by atoms with Gasteiger partial charge in [-0.25, -0.2) is 4.98 Å². The Morgan fingerprint density at radius 3 is 2.80 bits per heavy atom. The summed E-state index contributed by atoms with van der Waals surface area (Å²) in [6.07, 6.45) is 3.76. The second kappa shape index (κ2) is 8.12. The molecule has 30 heavy (non-hydrogen) atoms. The highest BCUT2D eigenvalue weighted by atomic mass is 79.9. The molecule has 0 radical (unpaired) electrons. The van der Waals surface area contributed by atoms with Gasteiger partial charge in [-0.3, -0.25) is 14.7 Å². The lowest BCUT2D eigenvalue weighted by molar-refractivity contribution is -0.118. The van der Waals surface area contributed by atoms with Crippen molar-refractivity contribution in [2.24, 2.45) is 10.9 Å². The molecule has 0 aliphatic carbocycles. The molecule has 1 aromatic carbocycles. The zero-order chi connectivity index (χ0) is 20.7. The Bertz CT molecular complexity index is 995. The third kappa shape index (κ3) is 3.76. The monoisotopic (exact) mass is 467 g/mol. The maximum Gasteiger partial charge on any atom is 0.233 e. The highest BCUT2D eigenvalue weighted by Gasteiger charge is 2.34. The van der Waals surface area contributed by atoms with Crippen LogP contribution in [-0.2, 0) is 11.3 Å². The lowest BCUT2D eigenvalue weighted by Crippen LogP contribution is -2.46. The summed E-state index contributed by atoms with van der Waals surface area (Å²) in [6, 6.07) is 8.53. The summed E-state index contributed by atoms with van der Waals surface area (Å²) in [5.41, 5.74) is 5.54. The number of aromatic nitrogens is 1. The van der Waals surface area contributed by atoms with Crippen LogP contribution in [0, 0.1) is 12.8 Å². The quantitative estimate of drug-likeness (QED) is 0.748. The van der Waals surface area contributed by atoms with Crippen LogP contribution in [0.4, 0.5) is 11.5 Å². The van der Waals surface area contributed by atoms with Crippen LogP contribution in [0.5, 0.6) is 0 Å². The molecule has 1 atom stereocenters. The van der Waals surface area contributed by atoms with E-state index in [1.165, 1.54) is 11.1 Å². The number of benzene rings is 1. The van der Waals surface area contributed by atoms with Gasteiger partial charge in [0.15, 0.2) is 0 Å².